The van der Waals surface area contributed by atoms with Crippen LogP contribution in [-0.4, -0.2) is 49.6 Å². The maximum atomic E-state index is 11.9. The van der Waals surface area contributed by atoms with E-state index in [9.17, 15) is 9.59 Å². The molecule has 0 fully saturated rings. The van der Waals surface area contributed by atoms with Crippen molar-refractivity contribution in [3.05, 3.63) is 22.7 Å². The van der Waals surface area contributed by atoms with Crippen molar-refractivity contribution in [3.8, 4) is 11.5 Å². The predicted octanol–water partition coefficient (Wildman–Crippen LogP) is 2.81. The van der Waals surface area contributed by atoms with Gasteiger partial charge in [-0.2, -0.15) is 0 Å². The summed E-state index contributed by atoms with van der Waals surface area (Å²) < 4.78 is 11.0. The van der Waals surface area contributed by atoms with E-state index in [1.54, 1.807) is 4.90 Å². The normalized spacial score (nSPS) is 12.6. The number of benzene rings is 1. The minimum Gasteiger partial charge on any atom is -0.486 e. The van der Waals surface area contributed by atoms with E-state index in [4.69, 9.17) is 21.1 Å². The molecule has 1 N–H and O–H groups in total. The Labute approximate surface area is 159 Å². The zero-order chi connectivity index (χ0) is 18.9. The molecule has 1 aliphatic rings. The van der Waals surface area contributed by atoms with Crippen LogP contribution in [0, 0.1) is 0 Å². The monoisotopic (exact) mass is 382 g/mol. The summed E-state index contributed by atoms with van der Waals surface area (Å²) in [6, 6.07) is 3.74. The third kappa shape index (κ3) is 5.80. The number of hydrogen-bond donors (Lipinski definition) is 1. The van der Waals surface area contributed by atoms with Gasteiger partial charge in [0, 0.05) is 32.5 Å². The Balaban J connectivity index is 1.70. The maximum absolute atomic E-state index is 11.9. The largest absolute Gasteiger partial charge is 0.486 e. The third-order valence-electron chi connectivity index (χ3n) is 4.30. The molecule has 0 aliphatic carbocycles. The molecule has 26 heavy (non-hydrogen) atoms. The first-order valence-corrected chi connectivity index (χ1v) is 9.55. The van der Waals surface area contributed by atoms with Gasteiger partial charge in [-0.1, -0.05) is 11.6 Å². The van der Waals surface area contributed by atoms with E-state index < -0.39 is 0 Å². The molecule has 0 atom stereocenters. The number of carbonyl (C=O) groups is 2. The van der Waals surface area contributed by atoms with Crippen LogP contribution in [0.4, 0.5) is 0 Å². The quantitative estimate of drug-likeness (QED) is 0.713. The summed E-state index contributed by atoms with van der Waals surface area (Å²) in [5, 5.41) is 3.41. The van der Waals surface area contributed by atoms with Gasteiger partial charge >= 0.3 is 0 Å². The Morgan fingerprint density at radius 3 is 2.62 bits per heavy atom. The molecular formula is C19H27ClN2O4. The summed E-state index contributed by atoms with van der Waals surface area (Å²) in [4.78, 5) is 25.6. The van der Waals surface area contributed by atoms with Crippen molar-refractivity contribution < 1.29 is 19.1 Å². The number of halogens is 1. The van der Waals surface area contributed by atoms with Crippen LogP contribution in [-0.2, 0) is 16.0 Å². The lowest BCUT2D eigenvalue weighted by molar-refractivity contribution is -0.131. The highest BCUT2D eigenvalue weighted by Gasteiger charge is 2.16. The van der Waals surface area contributed by atoms with Crippen molar-refractivity contribution >= 4 is 23.4 Å². The van der Waals surface area contributed by atoms with E-state index in [0.717, 1.165) is 5.56 Å². The van der Waals surface area contributed by atoms with E-state index in [1.807, 2.05) is 26.0 Å². The predicted molar refractivity (Wildman–Crippen MR) is 101 cm³/mol. The molecule has 1 aliphatic heterocycles. The van der Waals surface area contributed by atoms with Gasteiger partial charge in [-0.15, -0.1) is 0 Å². The number of nitrogens with one attached hydrogen (secondary N) is 1. The average Bonchev–Trinajstić information content (AvgIpc) is 2.63. The highest BCUT2D eigenvalue weighted by molar-refractivity contribution is 6.32. The van der Waals surface area contributed by atoms with Gasteiger partial charge in [-0.05, 0) is 44.4 Å². The molecule has 6 nitrogen and oxygen atoms in total. The van der Waals surface area contributed by atoms with Crippen LogP contribution in [0.2, 0.25) is 5.02 Å². The smallest absolute Gasteiger partial charge is 0.222 e. The second-order valence-electron chi connectivity index (χ2n) is 6.12. The molecule has 0 saturated heterocycles. The average molecular weight is 383 g/mol. The van der Waals surface area contributed by atoms with E-state index >= 15 is 0 Å². The van der Waals surface area contributed by atoms with Crippen LogP contribution in [0.5, 0.6) is 11.5 Å². The van der Waals surface area contributed by atoms with E-state index in [-0.39, 0.29) is 11.8 Å². The maximum Gasteiger partial charge on any atom is 0.222 e. The number of ether oxygens (including phenoxy) is 2. The number of fused-ring (bicyclic) bond motifs is 1. The minimum atomic E-state index is -0.0408. The Hall–Kier alpha value is -1.95. The molecule has 0 bridgehead atoms. The molecule has 0 aromatic heterocycles. The highest BCUT2D eigenvalue weighted by atomic mass is 35.5. The Kier molecular flexibility index (Phi) is 8.04. The highest BCUT2D eigenvalue weighted by Crippen LogP contribution is 2.38. The second-order valence-corrected chi connectivity index (χ2v) is 6.53. The number of rotatable bonds is 9. The molecule has 1 aromatic carbocycles. The van der Waals surface area contributed by atoms with E-state index in [2.05, 4.69) is 5.32 Å². The van der Waals surface area contributed by atoms with Crippen molar-refractivity contribution in [1.82, 2.24) is 10.2 Å². The van der Waals surface area contributed by atoms with Crippen molar-refractivity contribution in [2.75, 3.05) is 32.8 Å². The summed E-state index contributed by atoms with van der Waals surface area (Å²) in [6.45, 7) is 6.85. The molecule has 0 radical (unpaired) electrons. The molecule has 0 spiro atoms. The molecule has 7 heteroatoms. The molecule has 1 heterocycles. The summed E-state index contributed by atoms with van der Waals surface area (Å²) >= 11 is 6.21. The Bertz CT molecular complexity index is 632. The lowest BCUT2D eigenvalue weighted by Crippen LogP contribution is -2.31. The van der Waals surface area contributed by atoms with Gasteiger partial charge in [0.15, 0.2) is 11.5 Å². The first-order valence-electron chi connectivity index (χ1n) is 9.17. The number of carbonyl (C=O) groups excluding carboxylic acids is 2. The summed E-state index contributed by atoms with van der Waals surface area (Å²) in [6.07, 6.45) is 1.99. The fourth-order valence-electron chi connectivity index (χ4n) is 2.88. The van der Waals surface area contributed by atoms with Gasteiger partial charge in [0.1, 0.15) is 13.2 Å². The van der Waals surface area contributed by atoms with Gasteiger partial charge in [0.2, 0.25) is 11.8 Å². The van der Waals surface area contributed by atoms with Crippen LogP contribution >= 0.6 is 11.6 Å². The van der Waals surface area contributed by atoms with Gasteiger partial charge in [0.25, 0.3) is 0 Å². The SMILES string of the molecule is CCN(CC)C(=O)CCCC(=O)NCCc1cc(Cl)c2c(c1)OCCO2. The first kappa shape index (κ1) is 20.4. The van der Waals surface area contributed by atoms with Crippen molar-refractivity contribution in [2.45, 2.75) is 39.5 Å². The molecule has 144 valence electrons. The molecule has 2 rings (SSSR count). The zero-order valence-electron chi connectivity index (χ0n) is 15.5. The van der Waals surface area contributed by atoms with Crippen LogP contribution < -0.4 is 14.8 Å². The van der Waals surface area contributed by atoms with Crippen molar-refractivity contribution in [1.29, 1.82) is 0 Å². The standard InChI is InChI=1S/C19H27ClN2O4/c1-3-22(4-2)18(24)7-5-6-17(23)21-9-8-14-12-15(20)19-16(13-14)25-10-11-26-19/h12-13H,3-11H2,1-2H3,(H,21,23). The van der Waals surface area contributed by atoms with Gasteiger partial charge < -0.3 is 19.7 Å². The fourth-order valence-corrected chi connectivity index (χ4v) is 3.17. The van der Waals surface area contributed by atoms with Crippen LogP contribution in [0.3, 0.4) is 0 Å². The number of amides is 2. The van der Waals surface area contributed by atoms with E-state index in [0.29, 0.717) is 75.1 Å². The zero-order valence-corrected chi connectivity index (χ0v) is 16.2. The molecule has 1 aromatic rings. The molecule has 2 amide bonds. The van der Waals surface area contributed by atoms with Crippen LogP contribution in [0.25, 0.3) is 0 Å². The summed E-state index contributed by atoms with van der Waals surface area (Å²) in [7, 11) is 0. The minimum absolute atomic E-state index is 0.0408. The van der Waals surface area contributed by atoms with Gasteiger partial charge in [0.05, 0.1) is 5.02 Å². The Morgan fingerprint density at radius 1 is 1.15 bits per heavy atom. The topological polar surface area (TPSA) is 67.9 Å². The van der Waals surface area contributed by atoms with Gasteiger partial charge in [-0.25, -0.2) is 0 Å². The van der Waals surface area contributed by atoms with Crippen molar-refractivity contribution in [3.63, 3.8) is 0 Å². The van der Waals surface area contributed by atoms with Crippen molar-refractivity contribution in [2.24, 2.45) is 0 Å². The fraction of sp³-hybridized carbons (Fsp3) is 0.579. The second kappa shape index (κ2) is 10.3. The summed E-state index contributed by atoms with van der Waals surface area (Å²) in [5.74, 6) is 1.30. The molecule has 0 saturated carbocycles. The number of nitrogens with zero attached hydrogens (tertiary/aromatic N) is 1. The lowest BCUT2D eigenvalue weighted by Gasteiger charge is -2.20. The molecular weight excluding hydrogens is 356 g/mol. The van der Waals surface area contributed by atoms with Crippen LogP contribution in [0.1, 0.15) is 38.7 Å². The number of hydrogen-bond acceptors (Lipinski definition) is 4. The third-order valence-corrected chi connectivity index (χ3v) is 4.58. The van der Waals surface area contributed by atoms with E-state index in [1.165, 1.54) is 0 Å². The van der Waals surface area contributed by atoms with Crippen LogP contribution in [0.15, 0.2) is 12.1 Å². The summed E-state index contributed by atoms with van der Waals surface area (Å²) in [5.41, 5.74) is 0.983. The molecule has 0 unspecified atom stereocenters. The lowest BCUT2D eigenvalue weighted by atomic mass is 10.1. The first-order chi connectivity index (χ1) is 12.5. The van der Waals surface area contributed by atoms with Gasteiger partial charge in [-0.3, -0.25) is 9.59 Å². The Morgan fingerprint density at radius 2 is 1.88 bits per heavy atom.